The summed E-state index contributed by atoms with van der Waals surface area (Å²) in [5.41, 5.74) is 3.54. The van der Waals surface area contributed by atoms with Gasteiger partial charge in [-0.2, -0.15) is 13.2 Å². The number of hydrogen-bond donors (Lipinski definition) is 2. The molecule has 0 aliphatic carbocycles. The van der Waals surface area contributed by atoms with Crippen LogP contribution in [0.15, 0.2) is 46.5 Å². The van der Waals surface area contributed by atoms with Gasteiger partial charge in [-0.3, -0.25) is 4.79 Å². The Kier molecular flexibility index (Phi) is 10.6. The van der Waals surface area contributed by atoms with Gasteiger partial charge in [0, 0.05) is 17.6 Å². The summed E-state index contributed by atoms with van der Waals surface area (Å²) in [6, 6.07) is 9.12. The smallest absolute Gasteiger partial charge is 0.411 e. The van der Waals surface area contributed by atoms with Gasteiger partial charge in [-0.15, -0.1) is 0 Å². The van der Waals surface area contributed by atoms with Crippen LogP contribution >= 0.6 is 23.2 Å². The Morgan fingerprint density at radius 2 is 1.75 bits per heavy atom. The molecular weight excluding hydrogens is 522 g/mol. The number of aliphatic carboxylic acids is 1. The van der Waals surface area contributed by atoms with E-state index in [4.69, 9.17) is 32.7 Å². The number of nitrogens with one attached hydrogen (secondary N) is 1. The second-order valence-electron chi connectivity index (χ2n) is 7.96. The van der Waals surface area contributed by atoms with Gasteiger partial charge in [0.25, 0.3) is 0 Å². The van der Waals surface area contributed by atoms with Crippen LogP contribution in [0.2, 0.25) is 0 Å². The molecular formula is C25H26Cl2F3NO5. The van der Waals surface area contributed by atoms with Crippen molar-refractivity contribution in [1.29, 1.82) is 0 Å². The van der Waals surface area contributed by atoms with Crippen molar-refractivity contribution in [2.75, 3.05) is 13.7 Å². The predicted octanol–water partition coefficient (Wildman–Crippen LogP) is 5.96. The maximum absolute atomic E-state index is 12.4. The number of carbonyl (C=O) groups is 2. The van der Waals surface area contributed by atoms with Crippen LogP contribution in [0.5, 0.6) is 5.75 Å². The summed E-state index contributed by atoms with van der Waals surface area (Å²) in [6.45, 7) is 1.91. The number of benzene rings is 2. The Bertz CT molecular complexity index is 1110. The Morgan fingerprint density at radius 3 is 2.25 bits per heavy atom. The largest absolute Gasteiger partial charge is 0.496 e. The minimum Gasteiger partial charge on any atom is -0.496 e. The molecule has 0 aliphatic rings. The number of amides is 1. The number of carboxylic acids is 1. The molecule has 0 aromatic heterocycles. The fourth-order valence-electron chi connectivity index (χ4n) is 3.59. The number of halogens is 5. The molecule has 0 fully saturated rings. The molecule has 2 rings (SSSR count). The Hall–Kier alpha value is -2.75. The van der Waals surface area contributed by atoms with Crippen molar-refractivity contribution >= 4 is 35.1 Å². The van der Waals surface area contributed by atoms with Crippen LogP contribution in [-0.2, 0) is 27.4 Å². The van der Waals surface area contributed by atoms with Gasteiger partial charge in [-0.1, -0.05) is 60.5 Å². The molecule has 36 heavy (non-hydrogen) atoms. The molecule has 0 saturated heterocycles. The maximum atomic E-state index is 12.4. The minimum absolute atomic E-state index is 0.0177. The number of carboxylic acid groups (broad SMARTS) is 1. The topological polar surface area (TPSA) is 84.9 Å². The number of alkyl halides is 3. The fraction of sp³-hybridized carbons (Fsp3) is 0.360. The summed E-state index contributed by atoms with van der Waals surface area (Å²) in [6.07, 6.45) is -4.15. The van der Waals surface area contributed by atoms with E-state index in [1.165, 1.54) is 7.11 Å². The van der Waals surface area contributed by atoms with Crippen LogP contribution in [0.1, 0.15) is 30.0 Å². The average molecular weight is 548 g/mol. The summed E-state index contributed by atoms with van der Waals surface area (Å²) in [5, 5.41) is 12.0. The summed E-state index contributed by atoms with van der Waals surface area (Å²) in [7, 11) is 1.46. The molecule has 0 bridgehead atoms. The molecule has 1 atom stereocenters. The normalized spacial score (nSPS) is 12.1. The first-order valence-electron chi connectivity index (χ1n) is 10.8. The van der Waals surface area contributed by atoms with Gasteiger partial charge < -0.3 is 19.9 Å². The van der Waals surface area contributed by atoms with Crippen molar-refractivity contribution in [3.8, 4) is 16.9 Å². The van der Waals surface area contributed by atoms with Crippen LogP contribution in [0.4, 0.5) is 13.2 Å². The lowest BCUT2D eigenvalue weighted by molar-refractivity contribution is -0.176. The zero-order valence-electron chi connectivity index (χ0n) is 19.8. The maximum Gasteiger partial charge on any atom is 0.411 e. The molecule has 6 nitrogen and oxygen atoms in total. The highest BCUT2D eigenvalue weighted by Gasteiger charge is 2.27. The quantitative estimate of drug-likeness (QED) is 0.339. The number of carbonyl (C=O) groups excluding carboxylic acids is 1. The third-order valence-electron chi connectivity index (χ3n) is 5.26. The van der Waals surface area contributed by atoms with E-state index in [1.807, 2.05) is 0 Å². The highest BCUT2D eigenvalue weighted by atomic mass is 35.5. The highest BCUT2D eigenvalue weighted by Crippen LogP contribution is 2.35. The number of methoxy groups -OCH3 is 1. The first kappa shape index (κ1) is 29.5. The number of aryl methyl sites for hydroxylation is 1. The third kappa shape index (κ3) is 8.43. The molecule has 2 aromatic carbocycles. The highest BCUT2D eigenvalue weighted by molar-refractivity contribution is 6.57. The molecule has 0 aliphatic heterocycles. The van der Waals surface area contributed by atoms with Crippen molar-refractivity contribution in [2.24, 2.45) is 0 Å². The Morgan fingerprint density at radius 1 is 1.11 bits per heavy atom. The molecule has 11 heteroatoms. The number of ether oxygens (including phenoxy) is 2. The monoisotopic (exact) mass is 547 g/mol. The fourth-order valence-corrected chi connectivity index (χ4v) is 4.03. The summed E-state index contributed by atoms with van der Waals surface area (Å²) in [5.74, 6) is -1.41. The first-order chi connectivity index (χ1) is 16.9. The van der Waals surface area contributed by atoms with Crippen molar-refractivity contribution in [1.82, 2.24) is 5.32 Å². The van der Waals surface area contributed by atoms with Crippen LogP contribution in [0, 0.1) is 6.92 Å². The van der Waals surface area contributed by atoms with Crippen molar-refractivity contribution in [3.05, 3.63) is 63.2 Å². The Balaban J connectivity index is 2.21. The Labute approximate surface area is 217 Å². The van der Waals surface area contributed by atoms with Gasteiger partial charge in [0.2, 0.25) is 5.91 Å². The summed E-state index contributed by atoms with van der Waals surface area (Å²) < 4.78 is 47.1. The van der Waals surface area contributed by atoms with Crippen LogP contribution in [0.25, 0.3) is 11.1 Å². The molecule has 0 radical (unpaired) electrons. The zero-order valence-corrected chi connectivity index (χ0v) is 21.4. The third-order valence-corrected chi connectivity index (χ3v) is 5.71. The molecule has 196 valence electrons. The van der Waals surface area contributed by atoms with Gasteiger partial charge >= 0.3 is 12.1 Å². The predicted molar refractivity (Wildman–Crippen MR) is 131 cm³/mol. The van der Waals surface area contributed by atoms with E-state index in [0.29, 0.717) is 16.9 Å². The lowest BCUT2D eigenvalue weighted by atomic mass is 9.95. The van der Waals surface area contributed by atoms with E-state index in [-0.39, 0.29) is 29.5 Å². The SMILES string of the molecule is CCC(C(=O)NC(Cc1ccc(-c2c(C)cc(COCC(F)(F)F)cc2OC)cc1)C(=O)O)=C(Cl)Cl. The van der Waals surface area contributed by atoms with Crippen molar-refractivity contribution in [3.63, 3.8) is 0 Å². The molecule has 0 saturated carbocycles. The van der Waals surface area contributed by atoms with E-state index in [2.05, 4.69) is 5.32 Å². The van der Waals surface area contributed by atoms with Crippen LogP contribution in [-0.4, -0.2) is 42.9 Å². The van der Waals surface area contributed by atoms with E-state index < -0.39 is 30.7 Å². The van der Waals surface area contributed by atoms with Crippen LogP contribution in [0.3, 0.4) is 0 Å². The van der Waals surface area contributed by atoms with Crippen LogP contribution < -0.4 is 10.1 Å². The second-order valence-corrected chi connectivity index (χ2v) is 8.91. The second kappa shape index (κ2) is 13.0. The van der Waals surface area contributed by atoms with E-state index in [1.54, 1.807) is 50.2 Å². The van der Waals surface area contributed by atoms with Gasteiger partial charge in [0.15, 0.2) is 0 Å². The van der Waals surface area contributed by atoms with E-state index in [9.17, 15) is 27.9 Å². The zero-order chi connectivity index (χ0) is 27.0. The molecule has 0 heterocycles. The lowest BCUT2D eigenvalue weighted by Gasteiger charge is -2.17. The summed E-state index contributed by atoms with van der Waals surface area (Å²) in [4.78, 5) is 24.0. The van der Waals surface area contributed by atoms with Gasteiger partial charge in [0.05, 0.1) is 13.7 Å². The standard InChI is InChI=1S/C25H26Cl2F3NO5/c1-4-18(22(26)27)23(32)31-19(24(33)34)10-15-5-7-17(8-6-15)21-14(2)9-16(11-20(21)35-3)12-36-13-25(28,29)30/h5-9,11,19H,4,10,12-13H2,1-3H3,(H,31,32)(H,33,34). The molecule has 1 unspecified atom stereocenters. The molecule has 1 amide bonds. The molecule has 0 spiro atoms. The lowest BCUT2D eigenvalue weighted by Crippen LogP contribution is -2.43. The minimum atomic E-state index is -4.41. The van der Waals surface area contributed by atoms with E-state index >= 15 is 0 Å². The van der Waals surface area contributed by atoms with Gasteiger partial charge in [-0.05, 0) is 41.7 Å². The van der Waals surface area contributed by atoms with Gasteiger partial charge in [-0.25, -0.2) is 4.79 Å². The molecule has 2 N–H and O–H groups in total. The van der Waals surface area contributed by atoms with E-state index in [0.717, 1.165) is 16.7 Å². The van der Waals surface area contributed by atoms with Gasteiger partial charge in [0.1, 0.15) is 22.9 Å². The average Bonchev–Trinajstić information content (AvgIpc) is 2.78. The first-order valence-corrected chi connectivity index (χ1v) is 11.6. The number of hydrogen-bond acceptors (Lipinski definition) is 4. The number of rotatable bonds is 11. The summed E-state index contributed by atoms with van der Waals surface area (Å²) >= 11 is 11.4. The van der Waals surface area contributed by atoms with Crippen molar-refractivity contribution in [2.45, 2.75) is 45.5 Å². The molecule has 2 aromatic rings. The van der Waals surface area contributed by atoms with Crippen molar-refractivity contribution < 1.29 is 37.3 Å².